The van der Waals surface area contributed by atoms with E-state index in [1.165, 1.54) is 11.5 Å². The lowest BCUT2D eigenvalue weighted by Gasteiger charge is -2.08. The molecule has 0 aliphatic carbocycles. The average molecular weight is 199 g/mol. The zero-order chi connectivity index (χ0) is 9.84. The Kier molecular flexibility index (Phi) is 3.25. The number of hydrogen-bond acceptors (Lipinski definition) is 4. The molecule has 0 fully saturated rings. The van der Waals surface area contributed by atoms with Crippen molar-refractivity contribution in [2.24, 2.45) is 0 Å². The van der Waals surface area contributed by atoms with Crippen molar-refractivity contribution in [3.05, 3.63) is 11.1 Å². The number of carbonyl (C=O) groups excluding carboxylic acids is 1. The quantitative estimate of drug-likeness (QED) is 0.772. The normalized spacial score (nSPS) is 10.2. The van der Waals surface area contributed by atoms with Crippen molar-refractivity contribution < 1.29 is 4.79 Å². The van der Waals surface area contributed by atoms with Gasteiger partial charge >= 0.3 is 0 Å². The Morgan fingerprint density at radius 3 is 2.85 bits per heavy atom. The van der Waals surface area contributed by atoms with Crippen LogP contribution in [0.1, 0.15) is 24.3 Å². The number of carbonyl (C=O) groups is 1. The fourth-order valence-corrected chi connectivity index (χ4v) is 1.56. The summed E-state index contributed by atoms with van der Waals surface area (Å²) < 4.78 is 4.01. The van der Waals surface area contributed by atoms with Crippen LogP contribution in [0.25, 0.3) is 0 Å². The summed E-state index contributed by atoms with van der Waals surface area (Å²) in [7, 11) is 1.60. The zero-order valence-electron chi connectivity index (χ0n) is 7.92. The molecule has 0 aromatic carbocycles. The second kappa shape index (κ2) is 4.23. The molecule has 0 atom stereocenters. The Balaban J connectivity index is 2.83. The van der Waals surface area contributed by atoms with E-state index in [-0.39, 0.29) is 5.91 Å². The van der Waals surface area contributed by atoms with Gasteiger partial charge in [-0.3, -0.25) is 4.79 Å². The molecule has 13 heavy (non-hydrogen) atoms. The lowest BCUT2D eigenvalue weighted by molar-refractivity contribution is 0.0960. The summed E-state index contributed by atoms with van der Waals surface area (Å²) >= 11 is 1.28. The molecule has 0 aliphatic heterocycles. The first-order valence-corrected chi connectivity index (χ1v) is 4.91. The van der Waals surface area contributed by atoms with E-state index >= 15 is 0 Å². The van der Waals surface area contributed by atoms with Crippen LogP contribution in [0.2, 0.25) is 0 Å². The number of nitrogens with one attached hydrogen (secondary N) is 2. The van der Waals surface area contributed by atoms with E-state index in [2.05, 4.69) is 15.0 Å². The van der Waals surface area contributed by atoms with E-state index in [1.54, 1.807) is 7.05 Å². The Morgan fingerprint density at radius 2 is 2.31 bits per heavy atom. The molecule has 1 amide bonds. The molecule has 0 radical (unpaired) electrons. The van der Waals surface area contributed by atoms with E-state index < -0.39 is 0 Å². The van der Waals surface area contributed by atoms with E-state index in [0.717, 1.165) is 5.69 Å². The summed E-state index contributed by atoms with van der Waals surface area (Å²) in [5.74, 6) is -0.149. The van der Waals surface area contributed by atoms with Gasteiger partial charge in [-0.15, -0.1) is 0 Å². The van der Waals surface area contributed by atoms with E-state index in [9.17, 15) is 4.79 Å². The first kappa shape index (κ1) is 9.98. The highest BCUT2D eigenvalue weighted by molar-refractivity contribution is 7.04. The standard InChI is InChI=1S/C8H13N3OS/c1-5(2)10-6-4-13-11-7(6)8(12)9-3/h4-5,10H,1-3H3,(H,9,12). The Morgan fingerprint density at radius 1 is 1.62 bits per heavy atom. The van der Waals surface area contributed by atoms with Crippen LogP contribution < -0.4 is 10.6 Å². The van der Waals surface area contributed by atoms with Gasteiger partial charge in [-0.1, -0.05) is 0 Å². The molecule has 4 nitrogen and oxygen atoms in total. The Labute approximate surface area is 81.5 Å². The Hall–Kier alpha value is -1.10. The predicted molar refractivity (Wildman–Crippen MR) is 54.3 cm³/mol. The highest BCUT2D eigenvalue weighted by Gasteiger charge is 2.13. The molecular weight excluding hydrogens is 186 g/mol. The molecular formula is C8H13N3OS. The summed E-state index contributed by atoms with van der Waals surface area (Å²) in [6.07, 6.45) is 0. The molecule has 1 heterocycles. The largest absolute Gasteiger partial charge is 0.380 e. The third kappa shape index (κ3) is 2.42. The molecule has 0 aliphatic rings. The van der Waals surface area contributed by atoms with Gasteiger partial charge in [-0.05, 0) is 25.4 Å². The second-order valence-corrected chi connectivity index (χ2v) is 3.58. The van der Waals surface area contributed by atoms with Crippen LogP contribution in [0.15, 0.2) is 5.38 Å². The van der Waals surface area contributed by atoms with Crippen LogP contribution in [-0.2, 0) is 0 Å². The van der Waals surface area contributed by atoms with E-state index in [4.69, 9.17) is 0 Å². The molecule has 1 aromatic heterocycles. The highest BCUT2D eigenvalue weighted by atomic mass is 32.1. The minimum atomic E-state index is -0.149. The number of rotatable bonds is 3. The van der Waals surface area contributed by atoms with Gasteiger partial charge in [0.1, 0.15) is 0 Å². The first-order chi connectivity index (χ1) is 6.15. The van der Waals surface area contributed by atoms with Crippen molar-refractivity contribution in [2.75, 3.05) is 12.4 Å². The molecule has 0 saturated heterocycles. The van der Waals surface area contributed by atoms with Gasteiger partial charge in [0.05, 0.1) is 5.69 Å². The maximum atomic E-state index is 11.3. The second-order valence-electron chi connectivity index (χ2n) is 2.95. The van der Waals surface area contributed by atoms with Gasteiger partial charge in [-0.25, -0.2) is 0 Å². The topological polar surface area (TPSA) is 54.0 Å². The number of nitrogens with zero attached hydrogens (tertiary/aromatic N) is 1. The number of anilines is 1. The van der Waals surface area contributed by atoms with Crippen molar-refractivity contribution in [1.29, 1.82) is 0 Å². The van der Waals surface area contributed by atoms with Crippen molar-refractivity contribution in [3.63, 3.8) is 0 Å². The van der Waals surface area contributed by atoms with Crippen LogP contribution in [0.5, 0.6) is 0 Å². The smallest absolute Gasteiger partial charge is 0.272 e. The minimum Gasteiger partial charge on any atom is -0.380 e. The highest BCUT2D eigenvalue weighted by Crippen LogP contribution is 2.17. The molecule has 2 N–H and O–H groups in total. The van der Waals surface area contributed by atoms with Crippen LogP contribution in [0.4, 0.5) is 5.69 Å². The number of aromatic nitrogens is 1. The van der Waals surface area contributed by atoms with Crippen molar-refractivity contribution in [2.45, 2.75) is 19.9 Å². The Bertz CT molecular complexity index is 295. The van der Waals surface area contributed by atoms with Crippen molar-refractivity contribution in [1.82, 2.24) is 9.69 Å². The number of amides is 1. The lowest BCUT2D eigenvalue weighted by atomic mass is 10.3. The summed E-state index contributed by atoms with van der Waals surface area (Å²) in [4.78, 5) is 11.3. The lowest BCUT2D eigenvalue weighted by Crippen LogP contribution is -2.21. The van der Waals surface area contributed by atoms with Crippen LogP contribution in [0.3, 0.4) is 0 Å². The summed E-state index contributed by atoms with van der Waals surface area (Å²) in [6.45, 7) is 4.04. The third-order valence-corrected chi connectivity index (χ3v) is 2.09. The zero-order valence-corrected chi connectivity index (χ0v) is 8.73. The molecule has 1 aromatic rings. The SMILES string of the molecule is CNC(=O)c1nscc1NC(C)C. The van der Waals surface area contributed by atoms with Gasteiger partial charge in [0.15, 0.2) is 5.69 Å². The van der Waals surface area contributed by atoms with Gasteiger partial charge in [-0.2, -0.15) is 4.37 Å². The monoisotopic (exact) mass is 199 g/mol. The fraction of sp³-hybridized carbons (Fsp3) is 0.500. The van der Waals surface area contributed by atoms with Crippen molar-refractivity contribution >= 4 is 23.1 Å². The van der Waals surface area contributed by atoms with E-state index in [0.29, 0.717) is 11.7 Å². The fourth-order valence-electron chi connectivity index (χ4n) is 0.932. The molecule has 0 unspecified atom stereocenters. The van der Waals surface area contributed by atoms with Crippen LogP contribution in [-0.4, -0.2) is 23.4 Å². The van der Waals surface area contributed by atoms with E-state index in [1.807, 2.05) is 19.2 Å². The summed E-state index contributed by atoms with van der Waals surface area (Å²) in [5, 5.41) is 7.54. The van der Waals surface area contributed by atoms with Gasteiger partial charge < -0.3 is 10.6 Å². The van der Waals surface area contributed by atoms with Gasteiger partial charge in [0.2, 0.25) is 0 Å². The van der Waals surface area contributed by atoms with Crippen LogP contribution in [0, 0.1) is 0 Å². The van der Waals surface area contributed by atoms with Gasteiger partial charge in [0, 0.05) is 18.5 Å². The maximum Gasteiger partial charge on any atom is 0.272 e. The van der Waals surface area contributed by atoms with Gasteiger partial charge in [0.25, 0.3) is 5.91 Å². The average Bonchev–Trinajstić information content (AvgIpc) is 2.50. The van der Waals surface area contributed by atoms with Crippen molar-refractivity contribution in [3.8, 4) is 0 Å². The molecule has 0 spiro atoms. The molecule has 1 rings (SSSR count). The predicted octanol–water partition coefficient (Wildman–Crippen LogP) is 1.32. The maximum absolute atomic E-state index is 11.3. The molecule has 0 saturated carbocycles. The third-order valence-electron chi connectivity index (χ3n) is 1.46. The first-order valence-electron chi connectivity index (χ1n) is 4.08. The molecule has 0 bridgehead atoms. The van der Waals surface area contributed by atoms with Crippen LogP contribution >= 0.6 is 11.5 Å². The molecule has 5 heteroatoms. The summed E-state index contributed by atoms with van der Waals surface area (Å²) in [5.41, 5.74) is 1.28. The number of hydrogen-bond donors (Lipinski definition) is 2. The molecule has 72 valence electrons. The minimum absolute atomic E-state index is 0.149. The summed E-state index contributed by atoms with van der Waals surface area (Å²) in [6, 6.07) is 0.305.